The van der Waals surface area contributed by atoms with Gasteiger partial charge in [-0.05, 0) is 48.1 Å². The fourth-order valence-corrected chi connectivity index (χ4v) is 2.24. The maximum absolute atomic E-state index is 13.6. The summed E-state index contributed by atoms with van der Waals surface area (Å²) in [6.45, 7) is 7.04. The maximum atomic E-state index is 13.6. The van der Waals surface area contributed by atoms with Gasteiger partial charge in [-0.2, -0.15) is 0 Å². The highest BCUT2D eigenvalue weighted by atomic mass is 19.1. The number of benzene rings is 2. The first-order valence-corrected chi connectivity index (χ1v) is 7.12. The fourth-order valence-electron chi connectivity index (χ4n) is 2.24. The lowest BCUT2D eigenvalue weighted by Gasteiger charge is -2.10. The molecule has 1 nitrogen and oxygen atoms in total. The highest BCUT2D eigenvalue weighted by molar-refractivity contribution is 5.47. The molecular formula is C18H22FN. The smallest absolute Gasteiger partial charge is 0.146 e. The van der Waals surface area contributed by atoms with Crippen molar-refractivity contribution in [3.05, 3.63) is 65.0 Å². The van der Waals surface area contributed by atoms with Crippen molar-refractivity contribution in [1.82, 2.24) is 0 Å². The van der Waals surface area contributed by atoms with Crippen molar-refractivity contribution in [2.45, 2.75) is 33.7 Å². The third-order valence-electron chi connectivity index (χ3n) is 3.27. The number of hydrogen-bond acceptors (Lipinski definition) is 1. The summed E-state index contributed by atoms with van der Waals surface area (Å²) >= 11 is 0. The molecule has 106 valence electrons. The maximum Gasteiger partial charge on any atom is 0.146 e. The second-order valence-corrected chi connectivity index (χ2v) is 5.75. The molecule has 0 amide bonds. The Kier molecular flexibility index (Phi) is 4.78. The first kappa shape index (κ1) is 14.6. The van der Waals surface area contributed by atoms with Gasteiger partial charge < -0.3 is 5.32 Å². The van der Waals surface area contributed by atoms with Gasteiger partial charge in [-0.25, -0.2) is 4.39 Å². The molecule has 0 bridgehead atoms. The molecule has 0 aliphatic rings. The van der Waals surface area contributed by atoms with Crippen LogP contribution in [0.4, 0.5) is 10.1 Å². The molecule has 0 heterocycles. The minimum absolute atomic E-state index is 0.202. The van der Waals surface area contributed by atoms with Crippen LogP contribution in [0.5, 0.6) is 0 Å². The largest absolute Gasteiger partial charge is 0.379 e. The Morgan fingerprint density at radius 2 is 1.65 bits per heavy atom. The van der Waals surface area contributed by atoms with Gasteiger partial charge in [0.2, 0.25) is 0 Å². The number of anilines is 1. The minimum Gasteiger partial charge on any atom is -0.379 e. The average molecular weight is 271 g/mol. The van der Waals surface area contributed by atoms with Crippen molar-refractivity contribution in [1.29, 1.82) is 0 Å². The second-order valence-electron chi connectivity index (χ2n) is 5.75. The van der Waals surface area contributed by atoms with Gasteiger partial charge in [-0.1, -0.05) is 44.2 Å². The Bertz CT molecular complexity index is 558. The summed E-state index contributed by atoms with van der Waals surface area (Å²) in [4.78, 5) is 0. The van der Waals surface area contributed by atoms with E-state index in [1.165, 1.54) is 17.2 Å². The van der Waals surface area contributed by atoms with Crippen LogP contribution in [0.1, 0.15) is 30.5 Å². The highest BCUT2D eigenvalue weighted by Gasteiger charge is 2.02. The molecule has 2 rings (SSSR count). The Balaban J connectivity index is 1.98. The summed E-state index contributed by atoms with van der Waals surface area (Å²) in [5.74, 6) is 0.465. The number of nitrogens with one attached hydrogen (secondary N) is 1. The lowest BCUT2D eigenvalue weighted by Crippen LogP contribution is -2.02. The molecule has 1 N–H and O–H groups in total. The molecule has 0 saturated carbocycles. The average Bonchev–Trinajstić information content (AvgIpc) is 2.41. The summed E-state index contributed by atoms with van der Waals surface area (Å²) in [5, 5.41) is 3.16. The molecule has 0 aliphatic carbocycles. The number of halogens is 1. The summed E-state index contributed by atoms with van der Waals surface area (Å²) < 4.78 is 13.6. The molecule has 0 atom stereocenters. The van der Waals surface area contributed by atoms with Crippen molar-refractivity contribution in [2.24, 2.45) is 5.92 Å². The van der Waals surface area contributed by atoms with E-state index in [1.54, 1.807) is 6.07 Å². The molecule has 0 radical (unpaired) electrons. The van der Waals surface area contributed by atoms with Crippen molar-refractivity contribution in [3.63, 3.8) is 0 Å². The Morgan fingerprint density at radius 1 is 1.00 bits per heavy atom. The standard InChI is InChI=1S/C18H22FN/c1-13(2)10-15-5-7-16(8-6-15)12-20-18-11-14(3)4-9-17(18)19/h4-9,11,13,20H,10,12H2,1-3H3. The molecule has 0 unspecified atom stereocenters. The highest BCUT2D eigenvalue weighted by Crippen LogP contribution is 2.17. The quantitative estimate of drug-likeness (QED) is 0.811. The zero-order valence-corrected chi connectivity index (χ0v) is 12.4. The molecule has 0 spiro atoms. The van der Waals surface area contributed by atoms with Gasteiger partial charge in [0.1, 0.15) is 5.82 Å². The van der Waals surface area contributed by atoms with E-state index >= 15 is 0 Å². The van der Waals surface area contributed by atoms with Gasteiger partial charge in [-0.3, -0.25) is 0 Å². The van der Waals surface area contributed by atoms with Crippen molar-refractivity contribution in [3.8, 4) is 0 Å². The summed E-state index contributed by atoms with van der Waals surface area (Å²) in [6.07, 6.45) is 1.10. The van der Waals surface area contributed by atoms with Crippen LogP contribution in [0.25, 0.3) is 0 Å². The lowest BCUT2D eigenvalue weighted by atomic mass is 10.0. The first-order valence-electron chi connectivity index (χ1n) is 7.12. The molecule has 2 heteroatoms. The normalized spacial score (nSPS) is 10.8. The van der Waals surface area contributed by atoms with Gasteiger partial charge >= 0.3 is 0 Å². The Labute approximate surface area is 120 Å². The van der Waals surface area contributed by atoms with Crippen LogP contribution in [0, 0.1) is 18.7 Å². The monoisotopic (exact) mass is 271 g/mol. The fraction of sp³-hybridized carbons (Fsp3) is 0.333. The third kappa shape index (κ3) is 4.09. The number of aryl methyl sites for hydroxylation is 1. The molecule has 2 aromatic rings. The van der Waals surface area contributed by atoms with E-state index in [0.29, 0.717) is 18.2 Å². The van der Waals surface area contributed by atoms with Crippen LogP contribution >= 0.6 is 0 Å². The molecular weight excluding hydrogens is 249 g/mol. The van der Waals surface area contributed by atoms with E-state index in [9.17, 15) is 4.39 Å². The number of rotatable bonds is 5. The molecule has 0 aliphatic heterocycles. The van der Waals surface area contributed by atoms with Crippen LogP contribution in [-0.2, 0) is 13.0 Å². The van der Waals surface area contributed by atoms with Crippen LogP contribution < -0.4 is 5.32 Å². The van der Waals surface area contributed by atoms with E-state index in [1.807, 2.05) is 13.0 Å². The van der Waals surface area contributed by atoms with Crippen LogP contribution in [0.15, 0.2) is 42.5 Å². The van der Waals surface area contributed by atoms with Crippen molar-refractivity contribution < 1.29 is 4.39 Å². The summed E-state index contributed by atoms with van der Waals surface area (Å²) in [7, 11) is 0. The zero-order valence-electron chi connectivity index (χ0n) is 12.4. The van der Waals surface area contributed by atoms with Crippen molar-refractivity contribution in [2.75, 3.05) is 5.32 Å². The predicted octanol–water partition coefficient (Wildman–Crippen LogP) is 4.94. The van der Waals surface area contributed by atoms with Crippen LogP contribution in [-0.4, -0.2) is 0 Å². The van der Waals surface area contributed by atoms with Gasteiger partial charge in [0.25, 0.3) is 0 Å². The van der Waals surface area contributed by atoms with Gasteiger partial charge in [0, 0.05) is 6.54 Å². The molecule has 20 heavy (non-hydrogen) atoms. The summed E-state index contributed by atoms with van der Waals surface area (Å²) in [5.41, 5.74) is 4.14. The van der Waals surface area contributed by atoms with Crippen LogP contribution in [0.3, 0.4) is 0 Å². The predicted molar refractivity (Wildman–Crippen MR) is 83.4 cm³/mol. The summed E-state index contributed by atoms with van der Waals surface area (Å²) in [6, 6.07) is 13.6. The molecule has 0 fully saturated rings. The van der Waals surface area contributed by atoms with Gasteiger partial charge in [0.15, 0.2) is 0 Å². The molecule has 0 saturated heterocycles. The minimum atomic E-state index is -0.202. The van der Waals surface area contributed by atoms with E-state index < -0.39 is 0 Å². The molecule has 0 aromatic heterocycles. The topological polar surface area (TPSA) is 12.0 Å². The Hall–Kier alpha value is -1.83. The van der Waals surface area contributed by atoms with E-state index in [2.05, 4.69) is 43.4 Å². The van der Waals surface area contributed by atoms with E-state index in [0.717, 1.165) is 12.0 Å². The zero-order chi connectivity index (χ0) is 14.5. The third-order valence-corrected chi connectivity index (χ3v) is 3.27. The number of hydrogen-bond donors (Lipinski definition) is 1. The first-order chi connectivity index (χ1) is 9.54. The van der Waals surface area contributed by atoms with Gasteiger partial charge in [0.05, 0.1) is 5.69 Å². The van der Waals surface area contributed by atoms with E-state index in [-0.39, 0.29) is 5.82 Å². The van der Waals surface area contributed by atoms with E-state index in [4.69, 9.17) is 0 Å². The SMILES string of the molecule is Cc1ccc(F)c(NCc2ccc(CC(C)C)cc2)c1. The van der Waals surface area contributed by atoms with Gasteiger partial charge in [-0.15, -0.1) is 0 Å². The second kappa shape index (κ2) is 6.56. The lowest BCUT2D eigenvalue weighted by molar-refractivity contribution is 0.629. The van der Waals surface area contributed by atoms with Crippen LogP contribution in [0.2, 0.25) is 0 Å². The Morgan fingerprint density at radius 3 is 2.30 bits per heavy atom. The van der Waals surface area contributed by atoms with Crippen molar-refractivity contribution >= 4 is 5.69 Å². The molecule has 2 aromatic carbocycles.